The SMILES string of the molecule is Cc1cc(NC(=O)COC(=O)c2ccc3c(c2)NC(=O)C3)n(-c2ccc(F)cc2)n1. The molecule has 0 unspecified atom stereocenters. The molecule has 0 saturated heterocycles. The van der Waals surface area contributed by atoms with Gasteiger partial charge in [-0.15, -0.1) is 0 Å². The third kappa shape index (κ3) is 4.04. The second kappa shape index (κ2) is 7.78. The Morgan fingerprint density at radius 3 is 2.73 bits per heavy atom. The number of rotatable bonds is 5. The van der Waals surface area contributed by atoms with Crippen LogP contribution in [0.1, 0.15) is 21.6 Å². The van der Waals surface area contributed by atoms with E-state index in [0.717, 1.165) is 5.56 Å². The summed E-state index contributed by atoms with van der Waals surface area (Å²) in [5.41, 5.74) is 2.82. The smallest absolute Gasteiger partial charge is 0.338 e. The number of aryl methyl sites for hydroxylation is 1. The molecular formula is C21H17FN4O4. The molecule has 2 amide bonds. The molecule has 0 saturated carbocycles. The molecule has 8 nitrogen and oxygen atoms in total. The minimum absolute atomic E-state index is 0.136. The van der Waals surface area contributed by atoms with Gasteiger partial charge in [-0.1, -0.05) is 6.07 Å². The number of esters is 1. The Kier molecular flexibility index (Phi) is 5.01. The lowest BCUT2D eigenvalue weighted by molar-refractivity contribution is -0.119. The van der Waals surface area contributed by atoms with Gasteiger partial charge in [0.15, 0.2) is 6.61 Å². The molecule has 0 fully saturated rings. The van der Waals surface area contributed by atoms with E-state index in [1.165, 1.54) is 35.0 Å². The van der Waals surface area contributed by atoms with E-state index in [4.69, 9.17) is 4.74 Å². The van der Waals surface area contributed by atoms with E-state index < -0.39 is 18.5 Å². The maximum absolute atomic E-state index is 13.2. The Morgan fingerprint density at radius 1 is 1.20 bits per heavy atom. The summed E-state index contributed by atoms with van der Waals surface area (Å²) in [6, 6.07) is 12.0. The number of fused-ring (bicyclic) bond motifs is 1. The van der Waals surface area contributed by atoms with Crippen molar-refractivity contribution in [2.24, 2.45) is 0 Å². The van der Waals surface area contributed by atoms with Gasteiger partial charge >= 0.3 is 5.97 Å². The summed E-state index contributed by atoms with van der Waals surface area (Å²) in [6.07, 6.45) is 0.272. The van der Waals surface area contributed by atoms with Gasteiger partial charge in [0.05, 0.1) is 23.4 Å². The maximum atomic E-state index is 13.2. The molecule has 1 aliphatic rings. The molecule has 2 aromatic carbocycles. The van der Waals surface area contributed by atoms with Crippen LogP contribution in [0.5, 0.6) is 0 Å². The summed E-state index contributed by atoms with van der Waals surface area (Å²) in [6.45, 7) is 1.25. The summed E-state index contributed by atoms with van der Waals surface area (Å²) >= 11 is 0. The zero-order valence-electron chi connectivity index (χ0n) is 15.9. The molecule has 0 radical (unpaired) electrons. The Morgan fingerprint density at radius 2 is 1.97 bits per heavy atom. The van der Waals surface area contributed by atoms with Crippen LogP contribution in [0, 0.1) is 12.7 Å². The number of halogens is 1. The van der Waals surface area contributed by atoms with Crippen molar-refractivity contribution >= 4 is 29.3 Å². The van der Waals surface area contributed by atoms with Crippen LogP contribution < -0.4 is 10.6 Å². The van der Waals surface area contributed by atoms with Crippen LogP contribution in [0.15, 0.2) is 48.5 Å². The third-order valence-electron chi connectivity index (χ3n) is 4.48. The molecule has 0 bridgehead atoms. The molecule has 1 aromatic heterocycles. The van der Waals surface area contributed by atoms with E-state index in [9.17, 15) is 18.8 Å². The summed E-state index contributed by atoms with van der Waals surface area (Å²) in [5, 5.41) is 9.57. The largest absolute Gasteiger partial charge is 0.452 e. The number of anilines is 2. The number of nitrogens with zero attached hydrogens (tertiary/aromatic N) is 2. The Labute approximate surface area is 170 Å². The van der Waals surface area contributed by atoms with Crippen LogP contribution in [0.3, 0.4) is 0 Å². The fourth-order valence-corrected chi connectivity index (χ4v) is 3.10. The quantitative estimate of drug-likeness (QED) is 0.632. The van der Waals surface area contributed by atoms with Crippen molar-refractivity contribution in [1.82, 2.24) is 9.78 Å². The highest BCUT2D eigenvalue weighted by Gasteiger charge is 2.20. The summed E-state index contributed by atoms with van der Waals surface area (Å²) in [4.78, 5) is 35.9. The lowest BCUT2D eigenvalue weighted by Crippen LogP contribution is -2.22. The molecular weight excluding hydrogens is 391 g/mol. The first-order chi connectivity index (χ1) is 14.4. The number of carbonyl (C=O) groups is 3. The van der Waals surface area contributed by atoms with E-state index in [1.54, 1.807) is 25.1 Å². The predicted octanol–water partition coefficient (Wildman–Crippen LogP) is 2.61. The van der Waals surface area contributed by atoms with Crippen LogP contribution >= 0.6 is 0 Å². The van der Waals surface area contributed by atoms with Gasteiger partial charge in [-0.25, -0.2) is 13.9 Å². The van der Waals surface area contributed by atoms with Gasteiger partial charge < -0.3 is 15.4 Å². The number of amides is 2. The molecule has 0 aliphatic carbocycles. The topological polar surface area (TPSA) is 102 Å². The number of hydrogen-bond donors (Lipinski definition) is 2. The van der Waals surface area contributed by atoms with Gasteiger partial charge in [-0.2, -0.15) is 5.10 Å². The van der Waals surface area contributed by atoms with E-state index in [2.05, 4.69) is 15.7 Å². The van der Waals surface area contributed by atoms with Gasteiger partial charge in [0.2, 0.25) is 5.91 Å². The summed E-state index contributed by atoms with van der Waals surface area (Å²) in [5.74, 6) is -1.40. The normalized spacial score (nSPS) is 12.3. The molecule has 3 aromatic rings. The standard InChI is InChI=1S/C21H17FN4O4/c1-12-8-18(26(25-12)16-6-4-15(22)5-7-16)24-20(28)11-30-21(29)14-3-2-13-10-19(27)23-17(13)9-14/h2-9H,10-11H2,1H3,(H,23,27)(H,24,28). The molecule has 2 N–H and O–H groups in total. The first-order valence-electron chi connectivity index (χ1n) is 9.11. The average Bonchev–Trinajstić information content (AvgIpc) is 3.27. The van der Waals surface area contributed by atoms with Crippen LogP contribution in [0.4, 0.5) is 15.9 Å². The predicted molar refractivity (Wildman–Crippen MR) is 106 cm³/mol. The number of aromatic nitrogens is 2. The van der Waals surface area contributed by atoms with Gasteiger partial charge in [-0.05, 0) is 48.9 Å². The molecule has 0 atom stereocenters. The molecule has 152 valence electrons. The van der Waals surface area contributed by atoms with E-state index in [0.29, 0.717) is 22.9 Å². The Bertz CT molecular complexity index is 1150. The minimum Gasteiger partial charge on any atom is -0.452 e. The number of hydrogen-bond acceptors (Lipinski definition) is 5. The van der Waals surface area contributed by atoms with Crippen LogP contribution in [0.2, 0.25) is 0 Å². The van der Waals surface area contributed by atoms with Gasteiger partial charge in [0.1, 0.15) is 11.6 Å². The number of benzene rings is 2. The lowest BCUT2D eigenvalue weighted by atomic mass is 10.1. The monoisotopic (exact) mass is 408 g/mol. The second-order valence-electron chi connectivity index (χ2n) is 6.78. The van der Waals surface area contributed by atoms with E-state index in [-0.39, 0.29) is 23.7 Å². The summed E-state index contributed by atoms with van der Waals surface area (Å²) < 4.78 is 19.7. The van der Waals surface area contributed by atoms with Crippen molar-refractivity contribution in [2.45, 2.75) is 13.3 Å². The molecule has 9 heteroatoms. The highest BCUT2D eigenvalue weighted by Crippen LogP contribution is 2.24. The molecule has 2 heterocycles. The molecule has 30 heavy (non-hydrogen) atoms. The van der Waals surface area contributed by atoms with Crippen LogP contribution in [0.25, 0.3) is 5.69 Å². The van der Waals surface area contributed by atoms with Crippen molar-refractivity contribution in [3.05, 3.63) is 71.2 Å². The first kappa shape index (κ1) is 19.3. The minimum atomic E-state index is -0.683. The Balaban J connectivity index is 1.40. The fourth-order valence-electron chi connectivity index (χ4n) is 3.10. The van der Waals surface area contributed by atoms with Crippen molar-refractivity contribution in [1.29, 1.82) is 0 Å². The van der Waals surface area contributed by atoms with Crippen molar-refractivity contribution in [3.63, 3.8) is 0 Å². The highest BCUT2D eigenvalue weighted by molar-refractivity contribution is 6.01. The average molecular weight is 408 g/mol. The Hall–Kier alpha value is -4.01. The zero-order valence-corrected chi connectivity index (χ0v) is 15.9. The molecule has 1 aliphatic heterocycles. The highest BCUT2D eigenvalue weighted by atomic mass is 19.1. The van der Waals surface area contributed by atoms with E-state index in [1.807, 2.05) is 0 Å². The van der Waals surface area contributed by atoms with Crippen molar-refractivity contribution in [3.8, 4) is 5.69 Å². The molecule has 4 rings (SSSR count). The number of nitrogens with one attached hydrogen (secondary N) is 2. The summed E-state index contributed by atoms with van der Waals surface area (Å²) in [7, 11) is 0. The molecule has 0 spiro atoms. The van der Waals surface area contributed by atoms with Crippen molar-refractivity contribution in [2.75, 3.05) is 17.2 Å². The van der Waals surface area contributed by atoms with Gasteiger partial charge in [-0.3, -0.25) is 9.59 Å². The van der Waals surface area contributed by atoms with Gasteiger partial charge in [0.25, 0.3) is 5.91 Å². The first-order valence-corrected chi connectivity index (χ1v) is 9.11. The third-order valence-corrected chi connectivity index (χ3v) is 4.48. The zero-order chi connectivity index (χ0) is 21.3. The lowest BCUT2D eigenvalue weighted by Gasteiger charge is -2.10. The van der Waals surface area contributed by atoms with Crippen LogP contribution in [-0.2, 0) is 20.7 Å². The van der Waals surface area contributed by atoms with Gasteiger partial charge in [0, 0.05) is 11.8 Å². The number of carbonyl (C=O) groups excluding carboxylic acids is 3. The van der Waals surface area contributed by atoms with E-state index >= 15 is 0 Å². The second-order valence-corrected chi connectivity index (χ2v) is 6.78. The maximum Gasteiger partial charge on any atom is 0.338 e. The van der Waals surface area contributed by atoms with Crippen LogP contribution in [-0.4, -0.2) is 34.2 Å². The fraction of sp³-hybridized carbons (Fsp3) is 0.143. The van der Waals surface area contributed by atoms with Crippen molar-refractivity contribution < 1.29 is 23.5 Å². The number of ether oxygens (including phenoxy) is 1.